The number of piperazine rings is 1. The molecule has 9 heteroatoms. The molecule has 0 atom stereocenters. The minimum absolute atomic E-state index is 0.223. The van der Waals surface area contributed by atoms with Gasteiger partial charge in [-0.1, -0.05) is 40.8 Å². The minimum Gasteiger partial charge on any atom is -0.493 e. The van der Waals surface area contributed by atoms with E-state index >= 15 is 0 Å². The molecule has 1 N–H and O–H groups in total. The first-order valence-corrected chi connectivity index (χ1v) is 11.4. The number of unbranched alkanes of at least 4 members (excludes halogenated alkanes) is 1. The fraction of sp³-hybridized carbons (Fsp3) is 0.435. The van der Waals surface area contributed by atoms with Crippen molar-refractivity contribution in [2.24, 2.45) is 0 Å². The lowest BCUT2D eigenvalue weighted by Gasteiger charge is -2.36. The van der Waals surface area contributed by atoms with Crippen molar-refractivity contribution in [2.75, 3.05) is 58.4 Å². The number of anilines is 1. The van der Waals surface area contributed by atoms with Gasteiger partial charge in [-0.3, -0.25) is 9.69 Å². The number of carbonyl (C=O) groups is 1. The molecular weight excluding hydrogens is 448 g/mol. The maximum Gasteiger partial charge on any atom is 0.255 e. The van der Waals surface area contributed by atoms with Gasteiger partial charge >= 0.3 is 0 Å². The molecule has 0 unspecified atom stereocenters. The van der Waals surface area contributed by atoms with E-state index in [4.69, 9.17) is 40.5 Å². The molecule has 2 radical (unpaired) electrons. The Hall–Kier alpha value is -2.09. The van der Waals surface area contributed by atoms with Crippen molar-refractivity contribution >= 4 is 48.1 Å². The van der Waals surface area contributed by atoms with Gasteiger partial charge in [-0.05, 0) is 37.6 Å². The SMILES string of the molecule is [B]c1cc(OC)c(OC)c(C(=O)NCCCCN2CCN(c3cccc(Cl)c3Cl)CC2)c1. The van der Waals surface area contributed by atoms with E-state index in [0.29, 0.717) is 39.1 Å². The maximum atomic E-state index is 12.6. The summed E-state index contributed by atoms with van der Waals surface area (Å²) in [5.74, 6) is 0.604. The molecule has 0 aromatic heterocycles. The van der Waals surface area contributed by atoms with Crippen molar-refractivity contribution in [2.45, 2.75) is 12.8 Å². The molecule has 1 heterocycles. The van der Waals surface area contributed by atoms with Crippen LogP contribution >= 0.6 is 23.2 Å². The third-order valence-corrected chi connectivity index (χ3v) is 6.39. The van der Waals surface area contributed by atoms with Gasteiger partial charge in [0.15, 0.2) is 11.5 Å². The topological polar surface area (TPSA) is 54.0 Å². The molecule has 0 spiro atoms. The number of amides is 1. The highest BCUT2D eigenvalue weighted by atomic mass is 35.5. The zero-order chi connectivity index (χ0) is 23.1. The fourth-order valence-electron chi connectivity index (χ4n) is 3.86. The minimum atomic E-state index is -0.223. The molecule has 1 fully saturated rings. The molecule has 0 aliphatic carbocycles. The van der Waals surface area contributed by atoms with Gasteiger partial charge in [0.1, 0.15) is 7.85 Å². The molecule has 170 valence electrons. The van der Waals surface area contributed by atoms with E-state index in [-0.39, 0.29) is 5.91 Å². The lowest BCUT2D eigenvalue weighted by molar-refractivity contribution is 0.0949. The molecule has 0 bridgehead atoms. The Morgan fingerprint density at radius 3 is 2.53 bits per heavy atom. The van der Waals surface area contributed by atoms with Gasteiger partial charge in [0, 0.05) is 32.7 Å². The Morgan fingerprint density at radius 2 is 1.84 bits per heavy atom. The second-order valence-corrected chi connectivity index (χ2v) is 8.45. The molecule has 0 saturated carbocycles. The second-order valence-electron chi connectivity index (χ2n) is 7.67. The van der Waals surface area contributed by atoms with Gasteiger partial charge in [-0.15, -0.1) is 0 Å². The highest BCUT2D eigenvalue weighted by molar-refractivity contribution is 6.43. The maximum absolute atomic E-state index is 12.6. The van der Waals surface area contributed by atoms with Crippen molar-refractivity contribution in [1.29, 1.82) is 0 Å². The summed E-state index contributed by atoms with van der Waals surface area (Å²) in [4.78, 5) is 17.3. The first-order chi connectivity index (χ1) is 15.4. The lowest BCUT2D eigenvalue weighted by atomic mass is 9.93. The predicted octanol–water partition coefficient (Wildman–Crippen LogP) is 3.14. The molecule has 1 aliphatic rings. The number of hydrogen-bond donors (Lipinski definition) is 1. The lowest BCUT2D eigenvalue weighted by Crippen LogP contribution is -2.46. The molecule has 2 aromatic rings. The number of ether oxygens (including phenoxy) is 2. The first-order valence-electron chi connectivity index (χ1n) is 10.7. The number of nitrogens with zero attached hydrogens (tertiary/aromatic N) is 2. The van der Waals surface area contributed by atoms with Gasteiger partial charge < -0.3 is 19.7 Å². The summed E-state index contributed by atoms with van der Waals surface area (Å²) in [6, 6.07) is 8.98. The Labute approximate surface area is 201 Å². The monoisotopic (exact) mass is 475 g/mol. The molecular formula is C23H28BCl2N3O3. The van der Waals surface area contributed by atoms with Gasteiger partial charge in [-0.2, -0.15) is 0 Å². The molecule has 2 aromatic carbocycles. The van der Waals surface area contributed by atoms with Crippen LogP contribution in [-0.2, 0) is 0 Å². The number of rotatable bonds is 9. The van der Waals surface area contributed by atoms with Crippen LogP contribution < -0.4 is 25.2 Å². The number of benzene rings is 2. The predicted molar refractivity (Wildman–Crippen MR) is 132 cm³/mol. The van der Waals surface area contributed by atoms with Crippen molar-refractivity contribution in [3.63, 3.8) is 0 Å². The Bertz CT molecular complexity index is 937. The van der Waals surface area contributed by atoms with E-state index in [1.165, 1.54) is 14.2 Å². The zero-order valence-corrected chi connectivity index (χ0v) is 20.0. The standard InChI is InChI=1S/C23H28BCl2N3O3/c1-31-20-15-16(24)14-17(22(20)32-2)23(30)27-8-3-4-9-28-10-12-29(13-11-28)19-7-5-6-18(25)21(19)26/h5-7,14-15H,3-4,8-13H2,1-2H3,(H,27,30). The molecule has 32 heavy (non-hydrogen) atoms. The highest BCUT2D eigenvalue weighted by Gasteiger charge is 2.20. The molecule has 1 amide bonds. The van der Waals surface area contributed by atoms with Crippen LogP contribution in [0.25, 0.3) is 0 Å². The van der Waals surface area contributed by atoms with E-state index in [1.807, 2.05) is 18.2 Å². The van der Waals surface area contributed by atoms with E-state index in [2.05, 4.69) is 15.1 Å². The van der Waals surface area contributed by atoms with Crippen LogP contribution in [0.5, 0.6) is 11.5 Å². The van der Waals surface area contributed by atoms with E-state index < -0.39 is 0 Å². The normalized spacial score (nSPS) is 14.3. The fourth-order valence-corrected chi connectivity index (χ4v) is 4.28. The summed E-state index contributed by atoms with van der Waals surface area (Å²) in [7, 11) is 8.90. The quantitative estimate of drug-likeness (QED) is 0.446. The number of nitrogens with one attached hydrogen (secondary N) is 1. The Morgan fingerprint density at radius 1 is 1.09 bits per heavy atom. The summed E-state index contributed by atoms with van der Waals surface area (Å²) in [5, 5.41) is 4.15. The molecule has 1 saturated heterocycles. The average Bonchev–Trinajstić information content (AvgIpc) is 2.80. The summed E-state index contributed by atoms with van der Waals surface area (Å²) in [5.41, 5.74) is 1.82. The average molecular weight is 476 g/mol. The van der Waals surface area contributed by atoms with Crippen LogP contribution in [0, 0.1) is 0 Å². The molecule has 6 nitrogen and oxygen atoms in total. The van der Waals surface area contributed by atoms with Crippen LogP contribution in [0.4, 0.5) is 5.69 Å². The Balaban J connectivity index is 1.40. The largest absolute Gasteiger partial charge is 0.493 e. The van der Waals surface area contributed by atoms with Crippen molar-refractivity contribution < 1.29 is 14.3 Å². The van der Waals surface area contributed by atoms with Crippen LogP contribution in [0.15, 0.2) is 30.3 Å². The summed E-state index contributed by atoms with van der Waals surface area (Å²) < 4.78 is 10.6. The summed E-state index contributed by atoms with van der Waals surface area (Å²) in [6.07, 6.45) is 1.88. The van der Waals surface area contributed by atoms with E-state index in [9.17, 15) is 4.79 Å². The third-order valence-electron chi connectivity index (χ3n) is 5.58. The van der Waals surface area contributed by atoms with Crippen molar-refractivity contribution in [3.05, 3.63) is 45.9 Å². The third kappa shape index (κ3) is 6.03. The zero-order valence-electron chi connectivity index (χ0n) is 18.5. The summed E-state index contributed by atoms with van der Waals surface area (Å²) >= 11 is 12.5. The first kappa shape index (κ1) is 24.6. The van der Waals surface area contributed by atoms with Gasteiger partial charge in [0.25, 0.3) is 5.91 Å². The second kappa shape index (κ2) is 11.7. The molecule has 1 aliphatic heterocycles. The highest BCUT2D eigenvalue weighted by Crippen LogP contribution is 2.33. The number of methoxy groups -OCH3 is 2. The van der Waals surface area contributed by atoms with Crippen LogP contribution in [-0.4, -0.2) is 72.1 Å². The van der Waals surface area contributed by atoms with Crippen molar-refractivity contribution in [3.8, 4) is 11.5 Å². The van der Waals surface area contributed by atoms with E-state index in [0.717, 1.165) is 51.3 Å². The smallest absolute Gasteiger partial charge is 0.255 e. The van der Waals surface area contributed by atoms with Gasteiger partial charge in [0.05, 0.1) is 35.5 Å². The number of carbonyl (C=O) groups excluding carboxylic acids is 1. The Kier molecular flexibility index (Phi) is 8.97. The number of hydrogen-bond acceptors (Lipinski definition) is 5. The van der Waals surface area contributed by atoms with Crippen LogP contribution in [0.3, 0.4) is 0 Å². The van der Waals surface area contributed by atoms with Gasteiger partial charge in [-0.25, -0.2) is 0 Å². The van der Waals surface area contributed by atoms with E-state index in [1.54, 1.807) is 12.1 Å². The van der Waals surface area contributed by atoms with Gasteiger partial charge in [0.2, 0.25) is 0 Å². The van der Waals surface area contributed by atoms with Crippen LogP contribution in [0.1, 0.15) is 23.2 Å². The number of halogens is 2. The summed E-state index contributed by atoms with van der Waals surface area (Å²) in [6.45, 7) is 5.33. The van der Waals surface area contributed by atoms with Crippen LogP contribution in [0.2, 0.25) is 10.0 Å². The molecule has 3 rings (SSSR count). The van der Waals surface area contributed by atoms with Crippen molar-refractivity contribution in [1.82, 2.24) is 10.2 Å².